The summed E-state index contributed by atoms with van der Waals surface area (Å²) in [5, 5.41) is 1.09. The molecule has 2 aliphatic heterocycles. The number of amides is 1. The summed E-state index contributed by atoms with van der Waals surface area (Å²) in [5.74, 6) is 2.23. The van der Waals surface area contributed by atoms with Gasteiger partial charge in [-0.05, 0) is 47.5 Å². The molecule has 1 N–H and O–H groups in total. The monoisotopic (exact) mass is 488 g/mol. The summed E-state index contributed by atoms with van der Waals surface area (Å²) in [4.78, 5) is 19.5. The fourth-order valence-corrected chi connectivity index (χ4v) is 5.53. The molecule has 0 fully saturated rings. The topological polar surface area (TPSA) is 63.8 Å². The number of nitrogens with one attached hydrogen (secondary N) is 1. The lowest BCUT2D eigenvalue weighted by Crippen LogP contribution is -2.28. The summed E-state index contributed by atoms with van der Waals surface area (Å²) in [6.07, 6.45) is 0. The van der Waals surface area contributed by atoms with Gasteiger partial charge in [0, 0.05) is 34.1 Å². The van der Waals surface area contributed by atoms with E-state index in [1.807, 2.05) is 71.6 Å². The van der Waals surface area contributed by atoms with Gasteiger partial charge >= 0.3 is 0 Å². The number of benzene rings is 4. The Kier molecular flexibility index (Phi) is 4.92. The maximum absolute atomic E-state index is 13.9. The van der Waals surface area contributed by atoms with Gasteiger partial charge in [0.2, 0.25) is 6.79 Å². The van der Waals surface area contributed by atoms with Crippen LogP contribution in [0.25, 0.3) is 22.2 Å². The first-order valence-electron chi connectivity index (χ1n) is 12.2. The third kappa shape index (κ3) is 3.44. The second-order valence-corrected chi connectivity index (χ2v) is 9.30. The van der Waals surface area contributed by atoms with Crippen molar-refractivity contribution in [2.24, 2.45) is 0 Å². The Bertz CT molecular complexity index is 1670. The summed E-state index contributed by atoms with van der Waals surface area (Å²) in [6.45, 7) is 0.653. The maximum Gasteiger partial charge on any atom is 0.255 e. The zero-order valence-electron chi connectivity index (χ0n) is 20.2. The summed E-state index contributed by atoms with van der Waals surface area (Å²) < 4.78 is 16.6. The largest absolute Gasteiger partial charge is 0.497 e. The van der Waals surface area contributed by atoms with E-state index in [4.69, 9.17) is 14.2 Å². The molecule has 6 nitrogen and oxygen atoms in total. The highest BCUT2D eigenvalue weighted by Gasteiger charge is 2.40. The minimum Gasteiger partial charge on any atom is -0.497 e. The van der Waals surface area contributed by atoms with E-state index in [9.17, 15) is 4.79 Å². The first-order chi connectivity index (χ1) is 18.2. The van der Waals surface area contributed by atoms with Gasteiger partial charge < -0.3 is 24.1 Å². The van der Waals surface area contributed by atoms with Gasteiger partial charge in [-0.1, -0.05) is 54.6 Å². The fraction of sp³-hybridized carbons (Fsp3) is 0.129. The van der Waals surface area contributed by atoms with Crippen molar-refractivity contribution in [1.29, 1.82) is 0 Å². The number of rotatable bonds is 5. The van der Waals surface area contributed by atoms with E-state index in [0.717, 1.165) is 55.9 Å². The van der Waals surface area contributed by atoms with Crippen molar-refractivity contribution in [3.05, 3.63) is 113 Å². The lowest BCUT2D eigenvalue weighted by molar-refractivity contribution is 0.0737. The minimum absolute atomic E-state index is 0.0140. The SMILES string of the molecule is COc1cccc(-c2[nH]c3ccccc3c2[C@H]2c3ccccc3C(=O)N2Cc2ccc3c(c2)OCO3)c1. The second-order valence-electron chi connectivity index (χ2n) is 9.30. The number of methoxy groups -OCH3 is 1. The highest BCUT2D eigenvalue weighted by molar-refractivity contribution is 6.02. The maximum atomic E-state index is 13.9. The normalized spacial score (nSPS) is 15.9. The smallest absolute Gasteiger partial charge is 0.255 e. The number of fused-ring (bicyclic) bond motifs is 3. The van der Waals surface area contributed by atoms with Gasteiger partial charge in [0.1, 0.15) is 5.75 Å². The summed E-state index contributed by atoms with van der Waals surface area (Å²) in [7, 11) is 1.67. The standard InChI is InChI=1S/C31H24N2O4/c1-35-21-8-6-7-20(16-21)29-28(24-11-4-5-12-25(24)32-29)30-22-9-2-3-10-23(22)31(34)33(30)17-19-13-14-26-27(15-19)37-18-36-26/h2-16,30,32H,17-18H2,1H3/t30-/m1/s1. The number of hydrogen-bond acceptors (Lipinski definition) is 4. The van der Waals surface area contributed by atoms with Crippen molar-refractivity contribution >= 4 is 16.8 Å². The zero-order valence-corrected chi connectivity index (χ0v) is 20.2. The van der Waals surface area contributed by atoms with Gasteiger partial charge in [-0.15, -0.1) is 0 Å². The van der Waals surface area contributed by atoms with Crippen molar-refractivity contribution in [2.75, 3.05) is 13.9 Å². The molecule has 1 amide bonds. The van der Waals surface area contributed by atoms with Gasteiger partial charge in [0.15, 0.2) is 11.5 Å². The molecule has 0 radical (unpaired) electrons. The van der Waals surface area contributed by atoms with Crippen LogP contribution in [0.4, 0.5) is 0 Å². The van der Waals surface area contributed by atoms with Gasteiger partial charge in [0.05, 0.1) is 18.8 Å². The van der Waals surface area contributed by atoms with E-state index >= 15 is 0 Å². The van der Waals surface area contributed by atoms with Crippen LogP contribution in [0.3, 0.4) is 0 Å². The van der Waals surface area contributed by atoms with E-state index in [-0.39, 0.29) is 18.7 Å². The van der Waals surface area contributed by atoms with E-state index < -0.39 is 0 Å². The predicted molar refractivity (Wildman–Crippen MR) is 141 cm³/mol. The number of hydrogen-bond donors (Lipinski definition) is 1. The minimum atomic E-state index is -0.272. The van der Waals surface area contributed by atoms with Crippen LogP contribution in [0, 0.1) is 0 Å². The number of aromatic nitrogens is 1. The van der Waals surface area contributed by atoms with Crippen LogP contribution in [0.15, 0.2) is 91.0 Å². The third-order valence-electron chi connectivity index (χ3n) is 7.23. The first kappa shape index (κ1) is 21.6. The number of aromatic amines is 1. The zero-order chi connectivity index (χ0) is 24.9. The Morgan fingerprint density at radius 3 is 2.68 bits per heavy atom. The van der Waals surface area contributed by atoms with Crippen LogP contribution in [0.1, 0.15) is 33.1 Å². The Morgan fingerprint density at radius 1 is 0.919 bits per heavy atom. The highest BCUT2D eigenvalue weighted by atomic mass is 16.7. The van der Waals surface area contributed by atoms with Gasteiger partial charge in [0.25, 0.3) is 5.91 Å². The fourth-order valence-electron chi connectivity index (χ4n) is 5.53. The van der Waals surface area contributed by atoms with Crippen LogP contribution in [-0.4, -0.2) is 29.7 Å². The van der Waals surface area contributed by atoms with Crippen molar-refractivity contribution in [3.63, 3.8) is 0 Å². The Hall–Kier alpha value is -4.71. The van der Waals surface area contributed by atoms with Crippen molar-refractivity contribution in [2.45, 2.75) is 12.6 Å². The Balaban J connectivity index is 1.43. The second kappa shape index (κ2) is 8.45. The molecule has 5 aromatic rings. The van der Waals surface area contributed by atoms with Crippen molar-refractivity contribution < 1.29 is 19.0 Å². The lowest BCUT2D eigenvalue weighted by atomic mass is 9.93. The number of carbonyl (C=O) groups is 1. The molecule has 0 saturated carbocycles. The Labute approximate surface area is 214 Å². The van der Waals surface area contributed by atoms with E-state index in [2.05, 4.69) is 29.2 Å². The molecule has 3 heterocycles. The molecular formula is C31H24N2O4. The molecular weight excluding hydrogens is 464 g/mol. The summed E-state index contributed by atoms with van der Waals surface area (Å²) in [6, 6.07) is 29.8. The molecule has 4 aromatic carbocycles. The third-order valence-corrected chi connectivity index (χ3v) is 7.23. The number of H-pyrrole nitrogens is 1. The molecule has 0 unspecified atom stereocenters. The summed E-state index contributed by atoms with van der Waals surface area (Å²) >= 11 is 0. The van der Waals surface area contributed by atoms with E-state index in [1.54, 1.807) is 7.11 Å². The van der Waals surface area contributed by atoms with Crippen LogP contribution < -0.4 is 14.2 Å². The molecule has 0 spiro atoms. The van der Waals surface area contributed by atoms with Gasteiger partial charge in [-0.2, -0.15) is 0 Å². The lowest BCUT2D eigenvalue weighted by Gasteiger charge is -2.27. The molecule has 1 atom stereocenters. The number of para-hydroxylation sites is 1. The molecule has 1 aromatic heterocycles. The average molecular weight is 489 g/mol. The highest BCUT2D eigenvalue weighted by Crippen LogP contribution is 2.46. The molecule has 182 valence electrons. The van der Waals surface area contributed by atoms with E-state index in [0.29, 0.717) is 12.3 Å². The van der Waals surface area contributed by atoms with Gasteiger partial charge in [-0.25, -0.2) is 0 Å². The molecule has 37 heavy (non-hydrogen) atoms. The molecule has 6 heteroatoms. The Morgan fingerprint density at radius 2 is 1.76 bits per heavy atom. The average Bonchev–Trinajstić information content (AvgIpc) is 3.63. The number of ether oxygens (including phenoxy) is 3. The van der Waals surface area contributed by atoms with Crippen molar-refractivity contribution in [3.8, 4) is 28.5 Å². The first-order valence-corrected chi connectivity index (χ1v) is 12.2. The molecule has 2 aliphatic rings. The number of nitrogens with zero attached hydrogens (tertiary/aromatic N) is 1. The molecule has 7 rings (SSSR count). The molecule has 0 saturated heterocycles. The van der Waals surface area contributed by atoms with Gasteiger partial charge in [-0.3, -0.25) is 4.79 Å². The van der Waals surface area contributed by atoms with E-state index in [1.165, 1.54) is 0 Å². The number of carbonyl (C=O) groups excluding carboxylic acids is 1. The van der Waals surface area contributed by atoms with Crippen molar-refractivity contribution in [1.82, 2.24) is 9.88 Å². The molecule has 0 aliphatic carbocycles. The van der Waals surface area contributed by atoms with Crippen LogP contribution in [-0.2, 0) is 6.54 Å². The predicted octanol–water partition coefficient (Wildman–Crippen LogP) is 6.32. The van der Waals surface area contributed by atoms with Crippen LogP contribution in [0.2, 0.25) is 0 Å². The summed E-state index contributed by atoms with van der Waals surface area (Å²) in [5.41, 5.74) is 6.80. The van der Waals surface area contributed by atoms with Crippen LogP contribution in [0.5, 0.6) is 17.2 Å². The quantitative estimate of drug-likeness (QED) is 0.315. The molecule has 0 bridgehead atoms. The van der Waals surface area contributed by atoms with Crippen LogP contribution >= 0.6 is 0 Å².